The third-order valence-corrected chi connectivity index (χ3v) is 14.8. The molecule has 6 heteroatoms. The van der Waals surface area contributed by atoms with Gasteiger partial charge in [-0.1, -0.05) is 133 Å². The van der Waals surface area contributed by atoms with Crippen molar-refractivity contribution in [2.75, 3.05) is 6.61 Å². The second-order valence-electron chi connectivity index (χ2n) is 13.2. The minimum absolute atomic E-state index is 0.341. The summed E-state index contributed by atoms with van der Waals surface area (Å²) in [5.41, 5.74) is 4.65. The van der Waals surface area contributed by atoms with Gasteiger partial charge >= 0.3 is 0 Å². The monoisotopic (exact) mass is 604 g/mol. The molecule has 0 aliphatic carbocycles. The summed E-state index contributed by atoms with van der Waals surface area (Å²) in [6.45, 7) is 19.2. The summed E-state index contributed by atoms with van der Waals surface area (Å²) in [6, 6.07) is 30.9. The van der Waals surface area contributed by atoms with Crippen LogP contribution in [0.25, 0.3) is 0 Å². The molecule has 0 radical (unpaired) electrons. The molecule has 5 nitrogen and oxygen atoms in total. The lowest BCUT2D eigenvalue weighted by atomic mass is 9.94. The van der Waals surface area contributed by atoms with E-state index in [1.807, 2.05) is 68.4 Å². The zero-order valence-corrected chi connectivity index (χ0v) is 28.4. The summed E-state index contributed by atoms with van der Waals surface area (Å²) < 4.78 is 34.1. The van der Waals surface area contributed by atoms with Gasteiger partial charge < -0.3 is 23.4 Å². The molecule has 234 valence electrons. The molecule has 1 aliphatic heterocycles. The molecule has 0 unspecified atom stereocenters. The predicted octanol–water partition coefficient (Wildman–Crippen LogP) is 9.24. The van der Waals surface area contributed by atoms with Crippen LogP contribution in [0, 0.1) is 0 Å². The average molecular weight is 605 g/mol. The van der Waals surface area contributed by atoms with E-state index >= 15 is 0 Å². The maximum absolute atomic E-state index is 7.13. The van der Waals surface area contributed by atoms with Crippen LogP contribution in [-0.2, 0) is 36.6 Å². The first-order valence-electron chi connectivity index (χ1n) is 15.9. The Morgan fingerprint density at radius 1 is 0.674 bits per heavy atom. The summed E-state index contributed by atoms with van der Waals surface area (Å²) in [7, 11) is -2.15. The fourth-order valence-electron chi connectivity index (χ4n) is 6.91. The Bertz CT molecular complexity index is 1190. The van der Waals surface area contributed by atoms with Gasteiger partial charge in [0.2, 0.25) is 0 Å². The van der Waals surface area contributed by atoms with E-state index in [0.29, 0.717) is 36.4 Å². The number of rotatable bonds is 14. The Kier molecular flexibility index (Phi) is 11.8. The van der Waals surface area contributed by atoms with Crippen LogP contribution in [-0.4, -0.2) is 39.0 Å². The highest BCUT2D eigenvalue weighted by atomic mass is 28.4. The van der Waals surface area contributed by atoms with E-state index in [4.69, 9.17) is 23.4 Å². The molecule has 0 amide bonds. The molecule has 0 spiro atoms. The molecular weight excluding hydrogens is 552 g/mol. The van der Waals surface area contributed by atoms with Crippen LogP contribution in [0.2, 0.25) is 16.6 Å². The standard InChI is InChI=1S/C37H52O5Si/c1-27(2)43(28(3)4,29(5)6)40-26-33-35(39-25-31-20-14-10-15-21-31)36(42-37(7,8)41-33)34(32-22-16-11-17-23-32)38-24-30-18-12-9-13-19-30/h9-23,27-29,33-36H,24-26H2,1-8H3/t33-,34+,35+,36+/m0/s1. The SMILES string of the molecule is CC(C)[Si](OC[C@@H]1OC(C)(C)O[C@H]([C@H](OCc2ccccc2)c2ccccc2)[C@@H]1OCc1ccccc1)(C(C)C)C(C)C. The molecule has 4 atom stereocenters. The molecule has 1 fully saturated rings. The molecule has 1 heterocycles. The summed E-state index contributed by atoms with van der Waals surface area (Å²) in [4.78, 5) is 0. The first-order valence-corrected chi connectivity index (χ1v) is 18.0. The largest absolute Gasteiger partial charge is 0.413 e. The number of hydrogen-bond donors (Lipinski definition) is 0. The summed E-state index contributed by atoms with van der Waals surface area (Å²) in [6.07, 6.45) is -1.57. The molecule has 1 aliphatic rings. The Morgan fingerprint density at radius 2 is 1.16 bits per heavy atom. The van der Waals surface area contributed by atoms with Crippen LogP contribution in [0.15, 0.2) is 91.0 Å². The number of ether oxygens (including phenoxy) is 4. The van der Waals surface area contributed by atoms with Crippen molar-refractivity contribution >= 4 is 8.32 Å². The van der Waals surface area contributed by atoms with Gasteiger partial charge in [-0.15, -0.1) is 0 Å². The highest BCUT2D eigenvalue weighted by Gasteiger charge is 2.51. The maximum Gasteiger partial charge on any atom is 0.200 e. The topological polar surface area (TPSA) is 46.2 Å². The smallest absolute Gasteiger partial charge is 0.200 e. The van der Waals surface area contributed by atoms with Gasteiger partial charge in [0.25, 0.3) is 0 Å². The third kappa shape index (κ3) is 8.44. The zero-order valence-electron chi connectivity index (χ0n) is 27.4. The Hall–Kier alpha value is -2.32. The lowest BCUT2D eigenvalue weighted by molar-refractivity contribution is -0.358. The van der Waals surface area contributed by atoms with Crippen molar-refractivity contribution in [2.24, 2.45) is 0 Å². The van der Waals surface area contributed by atoms with E-state index in [9.17, 15) is 0 Å². The van der Waals surface area contributed by atoms with E-state index in [2.05, 4.69) is 77.9 Å². The van der Waals surface area contributed by atoms with Crippen molar-refractivity contribution < 1.29 is 23.4 Å². The van der Waals surface area contributed by atoms with Crippen molar-refractivity contribution in [2.45, 2.75) is 115 Å². The van der Waals surface area contributed by atoms with Gasteiger partial charge in [0.15, 0.2) is 14.1 Å². The highest BCUT2D eigenvalue weighted by Crippen LogP contribution is 2.44. The third-order valence-electron chi connectivity index (χ3n) is 8.73. The Balaban J connectivity index is 1.71. The molecule has 43 heavy (non-hydrogen) atoms. The van der Waals surface area contributed by atoms with Crippen molar-refractivity contribution in [1.82, 2.24) is 0 Å². The van der Waals surface area contributed by atoms with Gasteiger partial charge in [-0.05, 0) is 47.2 Å². The van der Waals surface area contributed by atoms with Crippen LogP contribution in [0.1, 0.15) is 78.2 Å². The minimum atomic E-state index is -2.15. The molecule has 4 rings (SSSR count). The van der Waals surface area contributed by atoms with Gasteiger partial charge in [0, 0.05) is 0 Å². The lowest BCUT2D eigenvalue weighted by Crippen LogP contribution is -2.60. The lowest BCUT2D eigenvalue weighted by Gasteiger charge is -2.49. The van der Waals surface area contributed by atoms with Crippen molar-refractivity contribution in [1.29, 1.82) is 0 Å². The molecule has 3 aromatic rings. The highest BCUT2D eigenvalue weighted by molar-refractivity contribution is 6.77. The maximum atomic E-state index is 7.13. The quantitative estimate of drug-likeness (QED) is 0.172. The molecule has 3 aromatic carbocycles. The van der Waals surface area contributed by atoms with Gasteiger partial charge in [-0.2, -0.15) is 0 Å². The van der Waals surface area contributed by atoms with Crippen LogP contribution < -0.4 is 0 Å². The average Bonchev–Trinajstić information content (AvgIpc) is 2.98. The summed E-state index contributed by atoms with van der Waals surface area (Å²) >= 11 is 0. The van der Waals surface area contributed by atoms with Crippen molar-refractivity contribution in [3.63, 3.8) is 0 Å². The van der Waals surface area contributed by atoms with Gasteiger partial charge in [0.05, 0.1) is 19.8 Å². The van der Waals surface area contributed by atoms with E-state index in [-0.39, 0.29) is 12.2 Å². The van der Waals surface area contributed by atoms with E-state index < -0.39 is 26.3 Å². The Labute approximate surface area is 261 Å². The first kappa shape index (κ1) is 33.6. The van der Waals surface area contributed by atoms with Crippen molar-refractivity contribution in [3.8, 4) is 0 Å². The van der Waals surface area contributed by atoms with Crippen molar-refractivity contribution in [3.05, 3.63) is 108 Å². The van der Waals surface area contributed by atoms with E-state index in [0.717, 1.165) is 16.7 Å². The normalized spacial score (nSPS) is 21.4. The fraction of sp³-hybridized carbons (Fsp3) is 0.514. The van der Waals surface area contributed by atoms with Crippen LogP contribution >= 0.6 is 0 Å². The van der Waals surface area contributed by atoms with E-state index in [1.165, 1.54) is 0 Å². The molecule has 0 saturated carbocycles. The van der Waals surface area contributed by atoms with Gasteiger partial charge in [-0.25, -0.2) is 0 Å². The first-order chi connectivity index (χ1) is 20.5. The van der Waals surface area contributed by atoms with Crippen LogP contribution in [0.3, 0.4) is 0 Å². The molecule has 0 bridgehead atoms. The zero-order chi connectivity index (χ0) is 31.0. The number of benzene rings is 3. The minimum Gasteiger partial charge on any atom is -0.413 e. The van der Waals surface area contributed by atoms with Crippen LogP contribution in [0.4, 0.5) is 0 Å². The predicted molar refractivity (Wildman–Crippen MR) is 176 cm³/mol. The Morgan fingerprint density at radius 3 is 1.67 bits per heavy atom. The summed E-state index contributed by atoms with van der Waals surface area (Å²) in [5, 5.41) is 0. The number of hydrogen-bond acceptors (Lipinski definition) is 5. The van der Waals surface area contributed by atoms with Gasteiger partial charge in [0.1, 0.15) is 24.4 Å². The molecular formula is C37H52O5Si. The second-order valence-corrected chi connectivity index (χ2v) is 18.6. The fourth-order valence-corrected chi connectivity index (χ4v) is 12.4. The van der Waals surface area contributed by atoms with Crippen LogP contribution in [0.5, 0.6) is 0 Å². The van der Waals surface area contributed by atoms with E-state index in [1.54, 1.807) is 0 Å². The molecule has 0 N–H and O–H groups in total. The summed E-state index contributed by atoms with van der Waals surface area (Å²) in [5.74, 6) is -0.855. The second kappa shape index (κ2) is 15.1. The molecule has 1 saturated heterocycles. The van der Waals surface area contributed by atoms with Gasteiger partial charge in [-0.3, -0.25) is 0 Å². The molecule has 0 aromatic heterocycles.